The van der Waals surface area contributed by atoms with Gasteiger partial charge in [0, 0.05) is 10.8 Å². The molecule has 5 heteroatoms. The second-order valence-electron chi connectivity index (χ2n) is 5.67. The van der Waals surface area contributed by atoms with Crippen molar-refractivity contribution in [3.05, 3.63) is 24.3 Å². The molecule has 0 heterocycles. The lowest BCUT2D eigenvalue weighted by Crippen LogP contribution is -2.25. The van der Waals surface area contributed by atoms with E-state index < -0.39 is 11.2 Å². The Hall–Kier alpha value is -1.49. The highest BCUT2D eigenvalue weighted by molar-refractivity contribution is 8.00. The summed E-state index contributed by atoms with van der Waals surface area (Å²) in [5.74, 6) is -0.662. The molecule has 0 unspecified atom stereocenters. The minimum atomic E-state index is -0.819. The van der Waals surface area contributed by atoms with E-state index in [-0.39, 0.29) is 11.8 Å². The molecule has 0 bridgehead atoms. The van der Waals surface area contributed by atoms with Gasteiger partial charge in [0.05, 0.1) is 5.69 Å². The van der Waals surface area contributed by atoms with Crippen LogP contribution in [-0.4, -0.2) is 22.2 Å². The quantitative estimate of drug-likeness (QED) is 0.772. The van der Waals surface area contributed by atoms with Gasteiger partial charge in [-0.1, -0.05) is 38.3 Å². The minimum absolute atomic E-state index is 0.0659. The van der Waals surface area contributed by atoms with Gasteiger partial charge in [-0.2, -0.15) is 0 Å². The number of carboxylic acid groups (broad SMARTS) is 1. The van der Waals surface area contributed by atoms with Crippen molar-refractivity contribution in [2.24, 2.45) is 5.92 Å². The van der Waals surface area contributed by atoms with Crippen LogP contribution in [0.4, 0.5) is 5.69 Å². The first-order valence-corrected chi connectivity index (χ1v) is 8.79. The number of carbonyl (C=O) groups excluding carboxylic acids is 1. The number of carbonyl (C=O) groups is 2. The Morgan fingerprint density at radius 2 is 1.95 bits per heavy atom. The van der Waals surface area contributed by atoms with Gasteiger partial charge >= 0.3 is 5.97 Å². The molecule has 1 fully saturated rings. The summed E-state index contributed by atoms with van der Waals surface area (Å²) in [5.41, 5.74) is 0.725. The third kappa shape index (κ3) is 4.50. The summed E-state index contributed by atoms with van der Waals surface area (Å²) in [4.78, 5) is 24.4. The highest BCUT2D eigenvalue weighted by Gasteiger charge is 2.23. The van der Waals surface area contributed by atoms with E-state index in [1.165, 1.54) is 18.2 Å². The van der Waals surface area contributed by atoms with Crippen LogP contribution < -0.4 is 5.32 Å². The Balaban J connectivity index is 2.07. The molecule has 1 aliphatic carbocycles. The first-order valence-electron chi connectivity index (χ1n) is 7.91. The molecule has 1 saturated carbocycles. The zero-order chi connectivity index (χ0) is 15.9. The zero-order valence-electron chi connectivity index (χ0n) is 12.9. The molecule has 1 aromatic rings. The molecular weight excluding hydrogens is 298 g/mol. The van der Waals surface area contributed by atoms with Crippen molar-refractivity contribution >= 4 is 29.3 Å². The van der Waals surface area contributed by atoms with Crippen molar-refractivity contribution in [3.8, 4) is 0 Å². The van der Waals surface area contributed by atoms with Gasteiger partial charge in [0.25, 0.3) is 0 Å². The number of para-hydroxylation sites is 1. The number of hydrogen-bond acceptors (Lipinski definition) is 3. The normalized spacial score (nSPS) is 17.0. The summed E-state index contributed by atoms with van der Waals surface area (Å²) < 4.78 is 0. The van der Waals surface area contributed by atoms with Crippen LogP contribution >= 0.6 is 11.8 Å². The number of rotatable bonds is 6. The largest absolute Gasteiger partial charge is 0.480 e. The second kappa shape index (κ2) is 8.22. The maximum absolute atomic E-state index is 12.4. The van der Waals surface area contributed by atoms with Crippen LogP contribution in [0.5, 0.6) is 0 Å². The fourth-order valence-corrected chi connectivity index (χ4v) is 3.71. The monoisotopic (exact) mass is 321 g/mol. The van der Waals surface area contributed by atoms with Gasteiger partial charge in [0.2, 0.25) is 5.91 Å². The molecule has 4 nitrogen and oxygen atoms in total. The average Bonchev–Trinajstić information content (AvgIpc) is 2.54. The number of hydrogen-bond donors (Lipinski definition) is 2. The average molecular weight is 321 g/mol. The van der Waals surface area contributed by atoms with Crippen molar-refractivity contribution in [1.29, 1.82) is 0 Å². The third-order valence-corrected chi connectivity index (χ3v) is 5.47. The first kappa shape index (κ1) is 16.9. The zero-order valence-corrected chi connectivity index (χ0v) is 13.7. The van der Waals surface area contributed by atoms with E-state index >= 15 is 0 Å². The standard InChI is InChI=1S/C17H23NO3S/c1-2-14(17(20)21)22-15-11-7-6-10-13(15)18-16(19)12-8-4-3-5-9-12/h6-7,10-12,14H,2-5,8-9H2,1H3,(H,18,19)(H,20,21)/t14-/m1/s1. The summed E-state index contributed by atoms with van der Waals surface area (Å²) in [5, 5.41) is 11.7. The Morgan fingerprint density at radius 1 is 1.27 bits per heavy atom. The van der Waals surface area contributed by atoms with Crippen LogP contribution in [0.2, 0.25) is 0 Å². The lowest BCUT2D eigenvalue weighted by atomic mass is 9.88. The predicted octanol–water partition coefficient (Wildman–Crippen LogP) is 4.16. The SMILES string of the molecule is CC[C@@H](Sc1ccccc1NC(=O)C1CCCCC1)C(=O)O. The van der Waals surface area contributed by atoms with Crippen LogP contribution in [0.15, 0.2) is 29.2 Å². The molecule has 120 valence electrons. The van der Waals surface area contributed by atoms with E-state index in [0.717, 1.165) is 36.3 Å². The first-order chi connectivity index (χ1) is 10.6. The number of carboxylic acids is 1. The molecule has 0 saturated heterocycles. The second-order valence-corrected chi connectivity index (χ2v) is 6.92. The van der Waals surface area contributed by atoms with Crippen molar-refractivity contribution in [1.82, 2.24) is 0 Å². The summed E-state index contributed by atoms with van der Waals surface area (Å²) >= 11 is 1.30. The molecule has 22 heavy (non-hydrogen) atoms. The number of anilines is 1. The van der Waals surface area contributed by atoms with Gasteiger partial charge in [0.15, 0.2) is 0 Å². The summed E-state index contributed by atoms with van der Waals surface area (Å²) in [6.45, 7) is 1.86. The van der Waals surface area contributed by atoms with Gasteiger partial charge in [-0.3, -0.25) is 9.59 Å². The van der Waals surface area contributed by atoms with Crippen LogP contribution in [0.3, 0.4) is 0 Å². The Morgan fingerprint density at radius 3 is 2.59 bits per heavy atom. The lowest BCUT2D eigenvalue weighted by molar-refractivity contribution is -0.136. The minimum Gasteiger partial charge on any atom is -0.480 e. The lowest BCUT2D eigenvalue weighted by Gasteiger charge is -2.22. The van der Waals surface area contributed by atoms with Gasteiger partial charge in [0.1, 0.15) is 5.25 Å². The highest BCUT2D eigenvalue weighted by atomic mass is 32.2. The molecule has 0 radical (unpaired) electrons. The fraction of sp³-hybridized carbons (Fsp3) is 0.529. The number of benzene rings is 1. The summed E-state index contributed by atoms with van der Waals surface area (Å²) in [6, 6.07) is 7.44. The summed E-state index contributed by atoms with van der Waals surface area (Å²) in [6.07, 6.45) is 5.90. The molecule has 1 aromatic carbocycles. The highest BCUT2D eigenvalue weighted by Crippen LogP contribution is 2.33. The van der Waals surface area contributed by atoms with E-state index in [4.69, 9.17) is 0 Å². The molecule has 2 rings (SSSR count). The van der Waals surface area contributed by atoms with E-state index in [1.807, 2.05) is 31.2 Å². The molecule has 1 amide bonds. The van der Waals surface area contributed by atoms with E-state index in [2.05, 4.69) is 5.32 Å². The fourth-order valence-electron chi connectivity index (χ4n) is 2.73. The van der Waals surface area contributed by atoms with Crippen LogP contribution in [-0.2, 0) is 9.59 Å². The number of aliphatic carboxylic acids is 1. The van der Waals surface area contributed by atoms with Gasteiger partial charge in [-0.15, -0.1) is 11.8 Å². The van der Waals surface area contributed by atoms with Crippen molar-refractivity contribution in [2.75, 3.05) is 5.32 Å². The number of thioether (sulfide) groups is 1. The van der Waals surface area contributed by atoms with E-state index in [1.54, 1.807) is 0 Å². The van der Waals surface area contributed by atoms with Crippen LogP contribution in [0.1, 0.15) is 45.4 Å². The Kier molecular flexibility index (Phi) is 6.31. The smallest absolute Gasteiger partial charge is 0.316 e. The third-order valence-electron chi connectivity index (χ3n) is 4.04. The van der Waals surface area contributed by atoms with Gasteiger partial charge < -0.3 is 10.4 Å². The number of amides is 1. The van der Waals surface area contributed by atoms with E-state index in [9.17, 15) is 14.7 Å². The molecule has 2 N–H and O–H groups in total. The maximum Gasteiger partial charge on any atom is 0.316 e. The summed E-state index contributed by atoms with van der Waals surface area (Å²) in [7, 11) is 0. The molecule has 1 aliphatic rings. The van der Waals surface area contributed by atoms with E-state index in [0.29, 0.717) is 6.42 Å². The van der Waals surface area contributed by atoms with Crippen LogP contribution in [0.25, 0.3) is 0 Å². The van der Waals surface area contributed by atoms with Gasteiger partial charge in [-0.05, 0) is 31.4 Å². The Bertz CT molecular complexity index is 526. The van der Waals surface area contributed by atoms with Gasteiger partial charge in [-0.25, -0.2) is 0 Å². The van der Waals surface area contributed by atoms with Crippen LogP contribution in [0, 0.1) is 5.92 Å². The topological polar surface area (TPSA) is 66.4 Å². The predicted molar refractivity (Wildman–Crippen MR) is 89.2 cm³/mol. The number of nitrogens with one attached hydrogen (secondary N) is 1. The molecule has 1 atom stereocenters. The maximum atomic E-state index is 12.4. The Labute approximate surface area is 135 Å². The molecule has 0 aliphatic heterocycles. The molecule has 0 aromatic heterocycles. The van der Waals surface area contributed by atoms with Crippen molar-refractivity contribution in [2.45, 2.75) is 55.6 Å². The van der Waals surface area contributed by atoms with Crippen molar-refractivity contribution in [3.63, 3.8) is 0 Å². The van der Waals surface area contributed by atoms with Crippen molar-refractivity contribution < 1.29 is 14.7 Å². The molecule has 0 spiro atoms. The molecular formula is C17H23NO3S.